The van der Waals surface area contributed by atoms with Crippen LogP contribution in [0.15, 0.2) is 24.3 Å². The van der Waals surface area contributed by atoms with Crippen LogP contribution in [0, 0.1) is 13.8 Å². The van der Waals surface area contributed by atoms with Gasteiger partial charge in [0.05, 0.1) is 17.7 Å². The maximum atomic E-state index is 12.9. The van der Waals surface area contributed by atoms with E-state index >= 15 is 0 Å². The zero-order valence-corrected chi connectivity index (χ0v) is 15.5. The van der Waals surface area contributed by atoms with Crippen molar-refractivity contribution in [3.63, 3.8) is 0 Å². The second kappa shape index (κ2) is 7.85. The lowest BCUT2D eigenvalue weighted by Crippen LogP contribution is -2.15. The highest BCUT2D eigenvalue weighted by Crippen LogP contribution is 2.31. The van der Waals surface area contributed by atoms with Gasteiger partial charge in [0.1, 0.15) is 5.69 Å². The van der Waals surface area contributed by atoms with E-state index in [-0.39, 0.29) is 23.6 Å². The first-order valence-electron chi connectivity index (χ1n) is 8.47. The molecule has 146 valence electrons. The third-order valence-electron chi connectivity index (χ3n) is 4.23. The summed E-state index contributed by atoms with van der Waals surface area (Å²) in [5.74, 6) is -1.12. The minimum Gasteiger partial charge on any atom is -0.461 e. The van der Waals surface area contributed by atoms with Crippen molar-refractivity contribution in [1.29, 1.82) is 0 Å². The minimum absolute atomic E-state index is 0.0237. The summed E-state index contributed by atoms with van der Waals surface area (Å²) in [6, 6.07) is 4.39. The fraction of sp³-hybridized carbons (Fsp3) is 0.368. The van der Waals surface area contributed by atoms with Crippen molar-refractivity contribution >= 4 is 17.6 Å². The first-order chi connectivity index (χ1) is 12.6. The van der Waals surface area contributed by atoms with Crippen molar-refractivity contribution in [1.82, 2.24) is 4.57 Å². The number of esters is 1. The van der Waals surface area contributed by atoms with E-state index in [9.17, 15) is 22.8 Å². The van der Waals surface area contributed by atoms with Gasteiger partial charge in [-0.15, -0.1) is 0 Å². The maximum Gasteiger partial charge on any atom is 0.416 e. The highest BCUT2D eigenvalue weighted by Gasteiger charge is 2.31. The summed E-state index contributed by atoms with van der Waals surface area (Å²) in [5.41, 5.74) is 0.658. The largest absolute Gasteiger partial charge is 0.461 e. The lowest BCUT2D eigenvalue weighted by molar-refractivity contribution is -0.137. The van der Waals surface area contributed by atoms with E-state index in [4.69, 9.17) is 4.74 Å². The average molecular weight is 382 g/mol. The predicted octanol–water partition coefficient (Wildman–Crippen LogP) is 4.57. The second-order valence-corrected chi connectivity index (χ2v) is 5.93. The summed E-state index contributed by atoms with van der Waals surface area (Å²) in [5, 5.41) is 2.48. The Morgan fingerprint density at radius 1 is 1.19 bits per heavy atom. The Hall–Kier alpha value is -2.77. The number of benzene rings is 1. The molecule has 1 aromatic carbocycles. The van der Waals surface area contributed by atoms with Gasteiger partial charge in [-0.1, -0.05) is 6.07 Å². The van der Waals surface area contributed by atoms with Gasteiger partial charge in [0.25, 0.3) is 5.91 Å². The predicted molar refractivity (Wildman–Crippen MR) is 94.9 cm³/mol. The van der Waals surface area contributed by atoms with Crippen LogP contribution in [0.4, 0.5) is 18.9 Å². The number of hydrogen-bond donors (Lipinski definition) is 1. The fourth-order valence-corrected chi connectivity index (χ4v) is 3.05. The van der Waals surface area contributed by atoms with Crippen molar-refractivity contribution in [3.8, 4) is 0 Å². The molecule has 0 atom stereocenters. The lowest BCUT2D eigenvalue weighted by atomic mass is 10.1. The number of aromatic nitrogens is 1. The van der Waals surface area contributed by atoms with E-state index in [2.05, 4.69) is 5.32 Å². The number of alkyl halides is 3. The molecule has 0 saturated carbocycles. The number of amides is 1. The van der Waals surface area contributed by atoms with Gasteiger partial charge < -0.3 is 14.6 Å². The summed E-state index contributed by atoms with van der Waals surface area (Å²) >= 11 is 0. The van der Waals surface area contributed by atoms with Crippen molar-refractivity contribution in [2.24, 2.45) is 0 Å². The Morgan fingerprint density at radius 2 is 1.85 bits per heavy atom. The van der Waals surface area contributed by atoms with Gasteiger partial charge in [-0.2, -0.15) is 13.2 Å². The number of anilines is 1. The van der Waals surface area contributed by atoms with Crippen LogP contribution in [0.1, 0.15) is 51.5 Å². The summed E-state index contributed by atoms with van der Waals surface area (Å²) in [6.45, 7) is 7.44. The molecule has 1 aromatic heterocycles. The topological polar surface area (TPSA) is 60.3 Å². The molecule has 1 N–H and O–H groups in total. The number of halogens is 3. The Labute approximate surface area is 155 Å². The average Bonchev–Trinajstić information content (AvgIpc) is 2.84. The molecule has 0 spiro atoms. The van der Waals surface area contributed by atoms with Gasteiger partial charge in [-0.3, -0.25) is 4.79 Å². The van der Waals surface area contributed by atoms with Gasteiger partial charge in [0.15, 0.2) is 0 Å². The van der Waals surface area contributed by atoms with E-state index in [0.29, 0.717) is 17.8 Å². The van der Waals surface area contributed by atoms with Gasteiger partial charge >= 0.3 is 12.1 Å². The number of nitrogens with zero attached hydrogens (tertiary/aromatic N) is 1. The van der Waals surface area contributed by atoms with E-state index in [1.54, 1.807) is 25.3 Å². The van der Waals surface area contributed by atoms with Crippen LogP contribution in [0.3, 0.4) is 0 Å². The zero-order valence-electron chi connectivity index (χ0n) is 15.5. The summed E-state index contributed by atoms with van der Waals surface area (Å²) in [4.78, 5) is 25.0. The SMILES string of the molecule is CCOC(=O)c1c(C)c(C(=O)Nc2cccc(C(F)(F)F)c2)c(C)n1CC. The first kappa shape index (κ1) is 20.5. The molecule has 27 heavy (non-hydrogen) atoms. The quantitative estimate of drug-likeness (QED) is 0.771. The molecule has 2 aromatic rings. The van der Waals surface area contributed by atoms with Gasteiger partial charge in [0.2, 0.25) is 0 Å². The molecule has 0 aliphatic heterocycles. The minimum atomic E-state index is -4.50. The van der Waals surface area contributed by atoms with Crippen molar-refractivity contribution < 1.29 is 27.5 Å². The van der Waals surface area contributed by atoms with Crippen LogP contribution in [0.2, 0.25) is 0 Å². The second-order valence-electron chi connectivity index (χ2n) is 5.93. The van der Waals surface area contributed by atoms with Crippen molar-refractivity contribution in [2.75, 3.05) is 11.9 Å². The Kier molecular flexibility index (Phi) is 5.98. The molecular formula is C19H21F3N2O3. The standard InChI is InChI=1S/C19H21F3N2O3/c1-5-24-12(4)15(11(3)16(24)18(26)27-6-2)17(25)23-14-9-7-8-13(10-14)19(20,21)22/h7-10H,5-6H2,1-4H3,(H,23,25). The number of nitrogens with one attached hydrogen (secondary N) is 1. The molecule has 0 aliphatic rings. The molecule has 0 fully saturated rings. The molecule has 0 unspecified atom stereocenters. The molecule has 0 radical (unpaired) electrons. The number of hydrogen-bond acceptors (Lipinski definition) is 3. The van der Waals surface area contributed by atoms with E-state index in [1.807, 2.05) is 6.92 Å². The third-order valence-corrected chi connectivity index (χ3v) is 4.23. The number of carbonyl (C=O) groups is 2. The van der Waals surface area contributed by atoms with Crippen LogP contribution in [0.5, 0.6) is 0 Å². The smallest absolute Gasteiger partial charge is 0.416 e. The van der Waals surface area contributed by atoms with Crippen LogP contribution < -0.4 is 5.32 Å². The monoisotopic (exact) mass is 382 g/mol. The van der Waals surface area contributed by atoms with Crippen molar-refractivity contribution in [2.45, 2.75) is 40.4 Å². The molecule has 5 nitrogen and oxygen atoms in total. The number of rotatable bonds is 5. The highest BCUT2D eigenvalue weighted by atomic mass is 19.4. The summed E-state index contributed by atoms with van der Waals surface area (Å²) in [6.07, 6.45) is -4.50. The van der Waals surface area contributed by atoms with E-state index < -0.39 is 23.6 Å². The molecule has 0 aliphatic carbocycles. The third kappa shape index (κ3) is 4.15. The van der Waals surface area contributed by atoms with Gasteiger partial charge in [0, 0.05) is 17.9 Å². The molecule has 0 saturated heterocycles. The van der Waals surface area contributed by atoms with Gasteiger partial charge in [-0.25, -0.2) is 4.79 Å². The maximum absolute atomic E-state index is 12.9. The van der Waals surface area contributed by atoms with E-state index in [1.165, 1.54) is 12.1 Å². The molecule has 1 heterocycles. The number of carbonyl (C=O) groups excluding carboxylic acids is 2. The summed E-state index contributed by atoms with van der Waals surface area (Å²) in [7, 11) is 0. The number of ether oxygens (including phenoxy) is 1. The fourth-order valence-electron chi connectivity index (χ4n) is 3.05. The first-order valence-corrected chi connectivity index (χ1v) is 8.47. The Morgan fingerprint density at radius 3 is 2.41 bits per heavy atom. The molecule has 2 rings (SSSR count). The normalized spacial score (nSPS) is 11.4. The molecule has 8 heteroatoms. The highest BCUT2D eigenvalue weighted by molar-refractivity contribution is 6.08. The van der Waals surface area contributed by atoms with Crippen LogP contribution in [-0.2, 0) is 17.5 Å². The van der Waals surface area contributed by atoms with E-state index in [0.717, 1.165) is 12.1 Å². The Balaban J connectivity index is 2.41. The lowest BCUT2D eigenvalue weighted by Gasteiger charge is -2.10. The molecular weight excluding hydrogens is 361 g/mol. The molecule has 0 bridgehead atoms. The Bertz CT molecular complexity index is 870. The van der Waals surface area contributed by atoms with Crippen LogP contribution >= 0.6 is 0 Å². The summed E-state index contributed by atoms with van der Waals surface area (Å²) < 4.78 is 45.3. The van der Waals surface area contributed by atoms with Gasteiger partial charge in [-0.05, 0) is 51.5 Å². The zero-order chi connectivity index (χ0) is 20.4. The van der Waals surface area contributed by atoms with Crippen LogP contribution in [0.25, 0.3) is 0 Å². The van der Waals surface area contributed by atoms with Crippen LogP contribution in [-0.4, -0.2) is 23.1 Å². The van der Waals surface area contributed by atoms with Crippen molar-refractivity contribution in [3.05, 3.63) is 52.3 Å². The molecule has 1 amide bonds.